The molecule has 0 aliphatic carbocycles. The summed E-state index contributed by atoms with van der Waals surface area (Å²) in [5.74, 6) is -0.317. The molecule has 0 aromatic heterocycles. The lowest BCUT2D eigenvalue weighted by Gasteiger charge is -2.18. The molecule has 0 fully saturated rings. The van der Waals surface area contributed by atoms with E-state index in [-0.39, 0.29) is 21.0 Å². The number of nitrogens with one attached hydrogen (secondary N) is 1. The minimum absolute atomic E-state index is 0.00320. The average molecular weight is 426 g/mol. The first-order valence-corrected chi connectivity index (χ1v) is 10.6. The van der Waals surface area contributed by atoms with E-state index in [1.54, 1.807) is 12.4 Å². The Labute approximate surface area is 175 Å². The van der Waals surface area contributed by atoms with Crippen LogP contribution in [0.3, 0.4) is 0 Å². The summed E-state index contributed by atoms with van der Waals surface area (Å²) >= 11 is 0. The zero-order chi connectivity index (χ0) is 21.9. The average Bonchev–Trinajstić information content (AvgIpc) is 2.77. The fraction of sp³-hybridized carbons (Fsp3) is 0.136. The Bertz CT molecular complexity index is 1170. The van der Waals surface area contributed by atoms with Gasteiger partial charge in [0.25, 0.3) is 5.91 Å². The van der Waals surface area contributed by atoms with Crippen LogP contribution in [0, 0.1) is 6.92 Å². The predicted molar refractivity (Wildman–Crippen MR) is 113 cm³/mol. The fourth-order valence-corrected chi connectivity index (χ4v) is 4.78. The summed E-state index contributed by atoms with van der Waals surface area (Å²) < 4.78 is 31.6. The lowest BCUT2D eigenvalue weighted by molar-refractivity contribution is 0.0705. The van der Waals surface area contributed by atoms with Crippen molar-refractivity contribution < 1.29 is 23.2 Å². The van der Waals surface area contributed by atoms with E-state index < -0.39 is 15.7 Å². The van der Waals surface area contributed by atoms with Gasteiger partial charge in [0.1, 0.15) is 5.75 Å². The number of nitrogen functional groups attached to an aromatic ring is 1. The fourth-order valence-electron chi connectivity index (χ4n) is 3.24. The van der Waals surface area contributed by atoms with Gasteiger partial charge in [0, 0.05) is 17.7 Å². The molecule has 0 saturated carbocycles. The van der Waals surface area contributed by atoms with E-state index in [1.807, 2.05) is 30.3 Å². The van der Waals surface area contributed by atoms with E-state index in [4.69, 9.17) is 10.5 Å². The van der Waals surface area contributed by atoms with E-state index in [0.717, 1.165) is 5.56 Å². The highest BCUT2D eigenvalue weighted by molar-refractivity contribution is 7.91. The van der Waals surface area contributed by atoms with Gasteiger partial charge in [-0.05, 0) is 53.9 Å². The third-order valence-electron chi connectivity index (χ3n) is 4.93. The summed E-state index contributed by atoms with van der Waals surface area (Å²) in [6.07, 6.45) is 0.305. The Balaban J connectivity index is 2.18. The molecule has 156 valence electrons. The number of hydroxylamine groups is 1. The van der Waals surface area contributed by atoms with E-state index >= 15 is 0 Å². The molecule has 8 heteroatoms. The van der Waals surface area contributed by atoms with Crippen LogP contribution in [0.2, 0.25) is 0 Å². The van der Waals surface area contributed by atoms with Gasteiger partial charge in [0.2, 0.25) is 9.84 Å². The zero-order valence-corrected chi connectivity index (χ0v) is 17.4. The lowest BCUT2D eigenvalue weighted by atomic mass is 9.95. The molecule has 1 amide bonds. The smallest absolute Gasteiger partial charge is 0.275 e. The first-order valence-electron chi connectivity index (χ1n) is 9.09. The molecule has 3 aromatic rings. The molecule has 3 rings (SSSR count). The second-order valence-electron chi connectivity index (χ2n) is 6.72. The first-order chi connectivity index (χ1) is 14.3. The molecule has 0 aliphatic heterocycles. The molecule has 3 aromatic carbocycles. The maximum absolute atomic E-state index is 13.2. The number of nitrogens with two attached hydrogens (primary N) is 1. The molecular weight excluding hydrogens is 404 g/mol. The van der Waals surface area contributed by atoms with Gasteiger partial charge >= 0.3 is 0 Å². The van der Waals surface area contributed by atoms with Crippen LogP contribution in [0.1, 0.15) is 27.0 Å². The van der Waals surface area contributed by atoms with Crippen molar-refractivity contribution >= 4 is 21.4 Å². The number of methoxy groups -OCH3 is 1. The third kappa shape index (κ3) is 4.00. The summed E-state index contributed by atoms with van der Waals surface area (Å²) in [5, 5.41) is 9.20. The molecule has 0 atom stereocenters. The van der Waals surface area contributed by atoms with Crippen LogP contribution in [0.4, 0.5) is 5.69 Å². The van der Waals surface area contributed by atoms with Gasteiger partial charge in [0.15, 0.2) is 0 Å². The van der Waals surface area contributed by atoms with Crippen molar-refractivity contribution in [2.45, 2.75) is 23.1 Å². The maximum Gasteiger partial charge on any atom is 0.275 e. The number of carbonyl (C=O) groups is 1. The second kappa shape index (κ2) is 8.56. The maximum atomic E-state index is 13.2. The SMILES string of the molecule is COc1ccc(S(=O)(=O)c2cc(C(=O)NO)c(Cc3ccccc3)c(N)c2C)cc1. The van der Waals surface area contributed by atoms with Gasteiger partial charge < -0.3 is 10.5 Å². The Morgan fingerprint density at radius 1 is 1.10 bits per heavy atom. The highest BCUT2D eigenvalue weighted by atomic mass is 32.2. The summed E-state index contributed by atoms with van der Waals surface area (Å²) in [5.41, 5.74) is 9.74. The molecule has 0 unspecified atom stereocenters. The Kier molecular flexibility index (Phi) is 6.09. The van der Waals surface area contributed by atoms with Crippen molar-refractivity contribution in [2.75, 3.05) is 12.8 Å². The van der Waals surface area contributed by atoms with E-state index in [0.29, 0.717) is 23.3 Å². The van der Waals surface area contributed by atoms with E-state index in [9.17, 15) is 18.4 Å². The monoisotopic (exact) mass is 426 g/mol. The van der Waals surface area contributed by atoms with Crippen molar-refractivity contribution in [3.63, 3.8) is 0 Å². The molecule has 4 N–H and O–H groups in total. The van der Waals surface area contributed by atoms with E-state index in [1.165, 1.54) is 37.4 Å². The van der Waals surface area contributed by atoms with Gasteiger partial charge in [-0.3, -0.25) is 10.0 Å². The van der Waals surface area contributed by atoms with Crippen LogP contribution in [0.15, 0.2) is 70.5 Å². The number of benzene rings is 3. The minimum atomic E-state index is -3.97. The van der Waals surface area contributed by atoms with Crippen LogP contribution < -0.4 is 16.0 Å². The van der Waals surface area contributed by atoms with Gasteiger partial charge in [-0.15, -0.1) is 0 Å². The topological polar surface area (TPSA) is 119 Å². The molecule has 30 heavy (non-hydrogen) atoms. The summed E-state index contributed by atoms with van der Waals surface area (Å²) in [7, 11) is -2.48. The molecule has 0 bridgehead atoms. The molecule has 7 nitrogen and oxygen atoms in total. The summed E-state index contributed by atoms with van der Waals surface area (Å²) in [4.78, 5) is 12.3. The van der Waals surface area contributed by atoms with Crippen LogP contribution in [0.5, 0.6) is 5.75 Å². The number of carbonyl (C=O) groups excluding carboxylic acids is 1. The highest BCUT2D eigenvalue weighted by Crippen LogP contribution is 2.33. The number of ether oxygens (including phenoxy) is 1. The Morgan fingerprint density at radius 3 is 2.30 bits per heavy atom. The summed E-state index contributed by atoms with van der Waals surface area (Å²) in [6.45, 7) is 1.60. The number of sulfone groups is 1. The number of hydrogen-bond acceptors (Lipinski definition) is 6. The normalized spacial score (nSPS) is 11.2. The number of hydrogen-bond donors (Lipinski definition) is 3. The minimum Gasteiger partial charge on any atom is -0.497 e. The van der Waals surface area contributed by atoms with Crippen molar-refractivity contribution in [1.82, 2.24) is 5.48 Å². The van der Waals surface area contributed by atoms with Gasteiger partial charge in [-0.25, -0.2) is 13.9 Å². The van der Waals surface area contributed by atoms with Crippen molar-refractivity contribution in [3.05, 3.63) is 82.9 Å². The van der Waals surface area contributed by atoms with E-state index in [2.05, 4.69) is 0 Å². The van der Waals surface area contributed by atoms with Gasteiger partial charge in [-0.2, -0.15) is 0 Å². The molecule has 0 heterocycles. The number of amides is 1. The van der Waals surface area contributed by atoms with Gasteiger partial charge in [-0.1, -0.05) is 30.3 Å². The largest absolute Gasteiger partial charge is 0.497 e. The standard InChI is InChI=1S/C22H22N2O5S/c1-14-20(30(27,28)17-10-8-16(29-2)9-11-17)13-19(22(25)24-26)18(21(14)23)12-15-6-4-3-5-7-15/h3-11,13,26H,12,23H2,1-2H3,(H,24,25). The van der Waals surface area contributed by atoms with Crippen LogP contribution in [-0.2, 0) is 16.3 Å². The first kappa shape index (κ1) is 21.4. The summed E-state index contributed by atoms with van der Waals surface area (Å²) in [6, 6.07) is 16.5. The molecule has 0 saturated heterocycles. The molecular formula is C22H22N2O5S. The molecule has 0 spiro atoms. The predicted octanol–water partition coefficient (Wildman–Crippen LogP) is 3.13. The van der Waals surface area contributed by atoms with Crippen LogP contribution >= 0.6 is 0 Å². The Hall–Kier alpha value is -3.36. The van der Waals surface area contributed by atoms with Crippen molar-refractivity contribution in [1.29, 1.82) is 0 Å². The number of anilines is 1. The Morgan fingerprint density at radius 2 is 1.73 bits per heavy atom. The van der Waals surface area contributed by atoms with Crippen molar-refractivity contribution in [3.8, 4) is 5.75 Å². The third-order valence-corrected chi connectivity index (χ3v) is 6.82. The lowest BCUT2D eigenvalue weighted by Crippen LogP contribution is -2.22. The zero-order valence-electron chi connectivity index (χ0n) is 16.5. The molecule has 0 aliphatic rings. The number of rotatable bonds is 6. The second-order valence-corrected chi connectivity index (χ2v) is 8.64. The quantitative estimate of drug-likeness (QED) is 0.317. The van der Waals surface area contributed by atoms with Crippen molar-refractivity contribution in [2.24, 2.45) is 0 Å². The highest BCUT2D eigenvalue weighted by Gasteiger charge is 2.26. The van der Waals surface area contributed by atoms with Crippen LogP contribution in [-0.4, -0.2) is 26.6 Å². The molecule has 0 radical (unpaired) electrons. The van der Waals surface area contributed by atoms with Crippen LogP contribution in [0.25, 0.3) is 0 Å². The van der Waals surface area contributed by atoms with Gasteiger partial charge in [0.05, 0.1) is 16.9 Å².